The van der Waals surface area contributed by atoms with Crippen LogP contribution in [0.2, 0.25) is 0 Å². The van der Waals surface area contributed by atoms with Gasteiger partial charge in [0.25, 0.3) is 0 Å². The Bertz CT molecular complexity index is 968. The topological polar surface area (TPSA) is 126 Å². The van der Waals surface area contributed by atoms with Gasteiger partial charge in [-0.05, 0) is 29.8 Å². The highest BCUT2D eigenvalue weighted by Crippen LogP contribution is 2.20. The number of anilines is 1. The number of benzene rings is 1. The maximum absolute atomic E-state index is 11.4. The normalized spacial score (nSPS) is 10.3. The SMILES string of the molecule is N#CCC(=O)Nc1nc2ccc(-c3ccc(C(N)=O)cc3)cn2n1. The van der Waals surface area contributed by atoms with Crippen LogP contribution in [0.3, 0.4) is 0 Å². The van der Waals surface area contributed by atoms with Gasteiger partial charge in [-0.1, -0.05) is 12.1 Å². The van der Waals surface area contributed by atoms with Crippen molar-refractivity contribution in [2.45, 2.75) is 6.42 Å². The lowest BCUT2D eigenvalue weighted by atomic mass is 10.1. The number of amides is 2. The van der Waals surface area contributed by atoms with Gasteiger partial charge in [0.2, 0.25) is 17.8 Å². The number of carbonyl (C=O) groups is 2. The molecule has 0 atom stereocenters. The molecular weight excluding hydrogens is 308 g/mol. The second kappa shape index (κ2) is 6.18. The Kier molecular flexibility index (Phi) is 3.91. The van der Waals surface area contributed by atoms with Crippen LogP contribution in [0.4, 0.5) is 5.95 Å². The van der Waals surface area contributed by atoms with Crippen LogP contribution in [-0.4, -0.2) is 26.4 Å². The molecule has 0 aliphatic heterocycles. The number of rotatable bonds is 4. The third-order valence-corrected chi connectivity index (χ3v) is 3.32. The van der Waals surface area contributed by atoms with Gasteiger partial charge in [-0.15, -0.1) is 5.10 Å². The number of nitrogens with two attached hydrogens (primary N) is 1. The van der Waals surface area contributed by atoms with Gasteiger partial charge in [-0.2, -0.15) is 10.2 Å². The molecule has 0 aliphatic carbocycles. The van der Waals surface area contributed by atoms with Crippen molar-refractivity contribution in [2.24, 2.45) is 5.73 Å². The lowest BCUT2D eigenvalue weighted by Gasteiger charge is -2.03. The zero-order valence-electron chi connectivity index (χ0n) is 12.4. The minimum Gasteiger partial charge on any atom is -0.366 e. The molecule has 1 aromatic carbocycles. The lowest BCUT2D eigenvalue weighted by Crippen LogP contribution is -2.11. The van der Waals surface area contributed by atoms with Gasteiger partial charge in [0.15, 0.2) is 5.65 Å². The van der Waals surface area contributed by atoms with Crippen molar-refractivity contribution in [3.63, 3.8) is 0 Å². The highest BCUT2D eigenvalue weighted by atomic mass is 16.2. The number of fused-ring (bicyclic) bond motifs is 1. The van der Waals surface area contributed by atoms with Gasteiger partial charge >= 0.3 is 0 Å². The Morgan fingerprint density at radius 2 is 1.88 bits per heavy atom. The average molecular weight is 320 g/mol. The third kappa shape index (κ3) is 3.05. The van der Waals surface area contributed by atoms with E-state index in [9.17, 15) is 9.59 Å². The Hall–Kier alpha value is -3.73. The van der Waals surface area contributed by atoms with Crippen molar-refractivity contribution in [3.8, 4) is 17.2 Å². The number of aromatic nitrogens is 3. The molecular formula is C16H12N6O2. The lowest BCUT2D eigenvalue weighted by molar-refractivity contribution is -0.115. The maximum Gasteiger partial charge on any atom is 0.249 e. The first-order valence-corrected chi connectivity index (χ1v) is 7.00. The first-order valence-electron chi connectivity index (χ1n) is 7.00. The summed E-state index contributed by atoms with van der Waals surface area (Å²) in [5.41, 5.74) is 7.96. The zero-order chi connectivity index (χ0) is 17.1. The van der Waals surface area contributed by atoms with E-state index in [1.54, 1.807) is 42.6 Å². The molecule has 0 unspecified atom stereocenters. The van der Waals surface area contributed by atoms with Crippen LogP contribution in [0, 0.1) is 11.3 Å². The average Bonchev–Trinajstić information content (AvgIpc) is 2.96. The molecule has 0 radical (unpaired) electrons. The van der Waals surface area contributed by atoms with Crippen LogP contribution in [0.1, 0.15) is 16.8 Å². The fourth-order valence-corrected chi connectivity index (χ4v) is 2.17. The summed E-state index contributed by atoms with van der Waals surface area (Å²) in [7, 11) is 0. The number of nitrogens with one attached hydrogen (secondary N) is 1. The molecule has 0 fully saturated rings. The molecule has 118 valence electrons. The number of nitriles is 1. The van der Waals surface area contributed by atoms with Crippen molar-refractivity contribution >= 4 is 23.4 Å². The molecule has 3 rings (SSSR count). The van der Waals surface area contributed by atoms with Gasteiger partial charge in [0, 0.05) is 17.3 Å². The maximum atomic E-state index is 11.4. The fourth-order valence-electron chi connectivity index (χ4n) is 2.17. The van der Waals surface area contributed by atoms with Crippen molar-refractivity contribution in [1.29, 1.82) is 5.26 Å². The molecule has 0 saturated heterocycles. The monoisotopic (exact) mass is 320 g/mol. The second-order valence-electron chi connectivity index (χ2n) is 4.98. The van der Waals surface area contributed by atoms with Crippen molar-refractivity contribution in [3.05, 3.63) is 48.2 Å². The van der Waals surface area contributed by atoms with Crippen LogP contribution in [-0.2, 0) is 4.79 Å². The highest BCUT2D eigenvalue weighted by molar-refractivity contribution is 5.93. The van der Waals surface area contributed by atoms with Crippen molar-refractivity contribution < 1.29 is 9.59 Å². The summed E-state index contributed by atoms with van der Waals surface area (Å²) in [6, 6.07) is 12.2. The first-order chi connectivity index (χ1) is 11.6. The molecule has 24 heavy (non-hydrogen) atoms. The number of hydrogen-bond donors (Lipinski definition) is 2. The summed E-state index contributed by atoms with van der Waals surface area (Å²) in [4.78, 5) is 26.7. The molecule has 0 saturated carbocycles. The second-order valence-corrected chi connectivity index (χ2v) is 4.98. The van der Waals surface area contributed by atoms with E-state index in [0.29, 0.717) is 11.2 Å². The summed E-state index contributed by atoms with van der Waals surface area (Å²) in [6.45, 7) is 0. The standard InChI is InChI=1S/C16H12N6O2/c17-8-7-14(23)20-16-19-13-6-5-12(9-22(13)21-16)10-1-3-11(4-2-10)15(18)24/h1-6,9H,7H2,(H2,18,24)(H,20,21,23). The highest BCUT2D eigenvalue weighted by Gasteiger charge is 2.09. The molecule has 3 N–H and O–H groups in total. The zero-order valence-corrected chi connectivity index (χ0v) is 12.4. The molecule has 2 heterocycles. The van der Waals surface area contributed by atoms with E-state index in [4.69, 9.17) is 11.0 Å². The number of nitrogens with zero attached hydrogens (tertiary/aromatic N) is 4. The molecule has 8 heteroatoms. The molecule has 8 nitrogen and oxygen atoms in total. The summed E-state index contributed by atoms with van der Waals surface area (Å²) in [5, 5.41) is 15.1. The Morgan fingerprint density at radius 1 is 1.17 bits per heavy atom. The summed E-state index contributed by atoms with van der Waals surface area (Å²) in [5.74, 6) is -0.807. The van der Waals surface area contributed by atoms with E-state index in [-0.39, 0.29) is 12.4 Å². The number of primary amides is 1. The summed E-state index contributed by atoms with van der Waals surface area (Å²) < 4.78 is 1.53. The minimum absolute atomic E-state index is 0.136. The van der Waals surface area contributed by atoms with E-state index < -0.39 is 11.8 Å². The molecule has 0 bridgehead atoms. The van der Waals surface area contributed by atoms with E-state index in [1.807, 2.05) is 6.07 Å². The predicted octanol–water partition coefficient (Wildman–Crippen LogP) is 1.35. The number of hydrogen-bond acceptors (Lipinski definition) is 5. The minimum atomic E-state index is -0.481. The fraction of sp³-hybridized carbons (Fsp3) is 0.0625. The van der Waals surface area contributed by atoms with Crippen LogP contribution in [0.15, 0.2) is 42.6 Å². The molecule has 2 amide bonds. The van der Waals surface area contributed by atoms with Gasteiger partial charge in [-0.3, -0.25) is 14.9 Å². The molecule has 0 aliphatic rings. The number of carbonyl (C=O) groups excluding carboxylic acids is 2. The molecule has 0 spiro atoms. The largest absolute Gasteiger partial charge is 0.366 e. The third-order valence-electron chi connectivity index (χ3n) is 3.32. The van der Waals surface area contributed by atoms with E-state index in [0.717, 1.165) is 11.1 Å². The van der Waals surface area contributed by atoms with E-state index in [2.05, 4.69) is 15.4 Å². The smallest absolute Gasteiger partial charge is 0.249 e. The molecule has 3 aromatic rings. The first kappa shape index (κ1) is 15.2. The summed E-state index contributed by atoms with van der Waals surface area (Å²) in [6.07, 6.45) is 1.49. The van der Waals surface area contributed by atoms with Gasteiger partial charge in [-0.25, -0.2) is 4.52 Å². The van der Waals surface area contributed by atoms with E-state index in [1.165, 1.54) is 4.52 Å². The van der Waals surface area contributed by atoms with E-state index >= 15 is 0 Å². The van der Waals surface area contributed by atoms with Crippen molar-refractivity contribution in [1.82, 2.24) is 14.6 Å². The van der Waals surface area contributed by atoms with Crippen LogP contribution >= 0.6 is 0 Å². The van der Waals surface area contributed by atoms with Crippen LogP contribution in [0.5, 0.6) is 0 Å². The Labute approximate surface area is 136 Å². The molecule has 2 aromatic heterocycles. The predicted molar refractivity (Wildman–Crippen MR) is 85.8 cm³/mol. The Morgan fingerprint density at radius 3 is 2.54 bits per heavy atom. The quantitative estimate of drug-likeness (QED) is 0.750. The summed E-state index contributed by atoms with van der Waals surface area (Å²) >= 11 is 0. The number of pyridine rings is 1. The van der Waals surface area contributed by atoms with Crippen LogP contribution < -0.4 is 11.1 Å². The van der Waals surface area contributed by atoms with Gasteiger partial charge in [0.1, 0.15) is 6.42 Å². The van der Waals surface area contributed by atoms with Crippen LogP contribution in [0.25, 0.3) is 16.8 Å². The van der Waals surface area contributed by atoms with Gasteiger partial charge < -0.3 is 5.73 Å². The van der Waals surface area contributed by atoms with Gasteiger partial charge in [0.05, 0.1) is 6.07 Å². The van der Waals surface area contributed by atoms with Crippen molar-refractivity contribution in [2.75, 3.05) is 5.32 Å². The Balaban J connectivity index is 1.89.